The largest absolute Gasteiger partial charge is 0.506 e. The molecule has 2 aromatic rings. The number of aromatic nitrogens is 1. The molecule has 164 valence electrons. The summed E-state index contributed by atoms with van der Waals surface area (Å²) in [6.45, 7) is 1.15. The average Bonchev–Trinajstić information content (AvgIpc) is 3.10. The zero-order chi connectivity index (χ0) is 22.5. The van der Waals surface area contributed by atoms with E-state index in [-0.39, 0.29) is 30.6 Å². The van der Waals surface area contributed by atoms with E-state index in [2.05, 4.69) is 22.1 Å². The van der Waals surface area contributed by atoms with Crippen LogP contribution < -0.4 is 10.1 Å². The fourth-order valence-corrected chi connectivity index (χ4v) is 3.57. The van der Waals surface area contributed by atoms with Gasteiger partial charge in [0.1, 0.15) is 36.4 Å². The number of rotatable bonds is 6. The third kappa shape index (κ3) is 4.87. The minimum Gasteiger partial charge on any atom is -0.506 e. The van der Waals surface area contributed by atoms with Crippen molar-refractivity contribution in [3.05, 3.63) is 53.3 Å². The van der Waals surface area contributed by atoms with Crippen molar-refractivity contribution in [2.24, 2.45) is 0 Å². The van der Waals surface area contributed by atoms with Crippen molar-refractivity contribution >= 4 is 17.7 Å². The molecule has 4 rings (SSSR count). The number of fused-ring (bicyclic) bond motifs is 1. The second-order valence-corrected chi connectivity index (χ2v) is 7.32. The molecule has 0 bridgehead atoms. The Morgan fingerprint density at radius 2 is 2.06 bits per heavy atom. The highest BCUT2D eigenvalue weighted by molar-refractivity contribution is 6.05. The van der Waals surface area contributed by atoms with Crippen molar-refractivity contribution in [2.75, 3.05) is 19.8 Å². The summed E-state index contributed by atoms with van der Waals surface area (Å²) in [5.74, 6) is 5.39. The molecule has 0 saturated carbocycles. The first kappa shape index (κ1) is 21.3. The van der Waals surface area contributed by atoms with Gasteiger partial charge in [-0.05, 0) is 48.2 Å². The Kier molecular flexibility index (Phi) is 6.33. The Balaban J connectivity index is 1.24. The first-order valence-corrected chi connectivity index (χ1v) is 10.1. The molecule has 1 atom stereocenters. The molecule has 0 radical (unpaired) electrons. The van der Waals surface area contributed by atoms with Crippen molar-refractivity contribution in [2.45, 2.75) is 25.4 Å². The Labute approximate surface area is 184 Å². The fourth-order valence-electron chi connectivity index (χ4n) is 3.57. The third-order valence-electron chi connectivity index (χ3n) is 5.13. The molecule has 3 amide bonds. The van der Waals surface area contributed by atoms with E-state index in [1.54, 1.807) is 24.3 Å². The lowest BCUT2D eigenvalue weighted by molar-refractivity contribution is -0.136. The maximum absolute atomic E-state index is 12.7. The molecule has 1 fully saturated rings. The van der Waals surface area contributed by atoms with Crippen LogP contribution in [0.2, 0.25) is 0 Å². The van der Waals surface area contributed by atoms with Crippen LogP contribution in [-0.4, -0.2) is 58.6 Å². The number of hydrogen-bond acceptors (Lipinski definition) is 7. The quantitative estimate of drug-likeness (QED) is 0.395. The molecule has 32 heavy (non-hydrogen) atoms. The van der Waals surface area contributed by atoms with Gasteiger partial charge in [0.15, 0.2) is 0 Å². The summed E-state index contributed by atoms with van der Waals surface area (Å²) in [5.41, 5.74) is 1.86. The van der Waals surface area contributed by atoms with E-state index < -0.39 is 11.9 Å². The van der Waals surface area contributed by atoms with E-state index in [9.17, 15) is 19.5 Å². The SMILES string of the molecule is O=C1CCC(N2Cc3cc(OCCOCC#Cc4ccc(O)cn4)ccc3C2=O)C(=O)N1. The van der Waals surface area contributed by atoms with Gasteiger partial charge < -0.3 is 19.5 Å². The number of benzene rings is 1. The maximum Gasteiger partial charge on any atom is 0.255 e. The lowest BCUT2D eigenvalue weighted by Crippen LogP contribution is -2.52. The van der Waals surface area contributed by atoms with Crippen LogP contribution in [0.3, 0.4) is 0 Å². The molecule has 0 spiro atoms. The monoisotopic (exact) mass is 435 g/mol. The minimum absolute atomic E-state index is 0.0866. The van der Waals surface area contributed by atoms with E-state index in [0.717, 1.165) is 5.56 Å². The van der Waals surface area contributed by atoms with Crippen molar-refractivity contribution in [3.63, 3.8) is 0 Å². The summed E-state index contributed by atoms with van der Waals surface area (Å²) in [6.07, 6.45) is 1.88. The molecule has 2 aliphatic rings. The minimum atomic E-state index is -0.636. The fraction of sp³-hybridized carbons (Fsp3) is 0.304. The summed E-state index contributed by atoms with van der Waals surface area (Å²) < 4.78 is 11.1. The first-order valence-electron chi connectivity index (χ1n) is 10.1. The number of aromatic hydroxyl groups is 1. The highest BCUT2D eigenvalue weighted by Crippen LogP contribution is 2.30. The molecule has 9 heteroatoms. The zero-order valence-corrected chi connectivity index (χ0v) is 17.2. The van der Waals surface area contributed by atoms with Crippen LogP contribution in [0.5, 0.6) is 11.5 Å². The molecule has 1 aromatic heterocycles. The smallest absolute Gasteiger partial charge is 0.255 e. The van der Waals surface area contributed by atoms with Crippen molar-refractivity contribution in [1.29, 1.82) is 0 Å². The number of nitrogens with zero attached hydrogens (tertiary/aromatic N) is 2. The van der Waals surface area contributed by atoms with Gasteiger partial charge in [0.05, 0.1) is 12.8 Å². The lowest BCUT2D eigenvalue weighted by Gasteiger charge is -2.29. The molecule has 2 aliphatic heterocycles. The van der Waals surface area contributed by atoms with Gasteiger partial charge in [0.25, 0.3) is 5.91 Å². The summed E-state index contributed by atoms with van der Waals surface area (Å²) >= 11 is 0. The van der Waals surface area contributed by atoms with Crippen molar-refractivity contribution in [3.8, 4) is 23.3 Å². The second kappa shape index (κ2) is 9.49. The summed E-state index contributed by atoms with van der Waals surface area (Å²) in [4.78, 5) is 41.6. The Hall–Kier alpha value is -3.90. The number of carbonyl (C=O) groups excluding carboxylic acids is 3. The van der Waals surface area contributed by atoms with Gasteiger partial charge in [-0.2, -0.15) is 0 Å². The molecule has 1 aromatic carbocycles. The van der Waals surface area contributed by atoms with Crippen LogP contribution in [0.1, 0.15) is 34.5 Å². The number of pyridine rings is 1. The van der Waals surface area contributed by atoms with Gasteiger partial charge in [-0.15, -0.1) is 0 Å². The predicted octanol–water partition coefficient (Wildman–Crippen LogP) is 0.995. The molecule has 0 aliphatic carbocycles. The highest BCUT2D eigenvalue weighted by Gasteiger charge is 2.39. The summed E-state index contributed by atoms with van der Waals surface area (Å²) in [7, 11) is 0. The van der Waals surface area contributed by atoms with Gasteiger partial charge in [0, 0.05) is 18.5 Å². The Bertz CT molecular complexity index is 1100. The molecule has 2 N–H and O–H groups in total. The number of hydrogen-bond donors (Lipinski definition) is 2. The van der Waals surface area contributed by atoms with Crippen molar-refractivity contribution < 1.29 is 29.0 Å². The van der Waals surface area contributed by atoms with Gasteiger partial charge >= 0.3 is 0 Å². The van der Waals surface area contributed by atoms with E-state index in [1.807, 2.05) is 0 Å². The van der Waals surface area contributed by atoms with Crippen LogP contribution in [-0.2, 0) is 20.9 Å². The number of piperidine rings is 1. The van der Waals surface area contributed by atoms with Gasteiger partial charge in [-0.1, -0.05) is 5.92 Å². The number of carbonyl (C=O) groups is 3. The van der Waals surface area contributed by atoms with E-state index in [1.165, 1.54) is 17.2 Å². The van der Waals surface area contributed by atoms with Gasteiger partial charge in [-0.25, -0.2) is 4.98 Å². The van der Waals surface area contributed by atoms with Gasteiger partial charge in [0.2, 0.25) is 11.8 Å². The average molecular weight is 435 g/mol. The maximum atomic E-state index is 12.7. The topological polar surface area (TPSA) is 118 Å². The summed E-state index contributed by atoms with van der Waals surface area (Å²) in [6, 6.07) is 7.68. The number of amides is 3. The van der Waals surface area contributed by atoms with Crippen LogP contribution in [0, 0.1) is 11.8 Å². The van der Waals surface area contributed by atoms with E-state index in [0.29, 0.717) is 43.2 Å². The molecular formula is C23H21N3O6. The Morgan fingerprint density at radius 1 is 1.19 bits per heavy atom. The van der Waals surface area contributed by atoms with Gasteiger partial charge in [-0.3, -0.25) is 19.7 Å². The number of imide groups is 1. The third-order valence-corrected chi connectivity index (χ3v) is 5.13. The molecule has 1 saturated heterocycles. The van der Waals surface area contributed by atoms with Crippen LogP contribution in [0.15, 0.2) is 36.5 Å². The molecular weight excluding hydrogens is 414 g/mol. The van der Waals surface area contributed by atoms with Crippen LogP contribution >= 0.6 is 0 Å². The standard InChI is InChI=1S/C23H21N3O6/c27-17-4-3-16(24-13-17)2-1-9-31-10-11-32-18-5-6-19-15(12-18)14-26(23(19)30)20-7-8-21(28)25-22(20)29/h3-6,12-13,20,27H,7-11,14H2,(H,25,28,29). The first-order chi connectivity index (χ1) is 15.5. The van der Waals surface area contributed by atoms with E-state index >= 15 is 0 Å². The lowest BCUT2D eigenvalue weighted by atomic mass is 10.0. The van der Waals surface area contributed by atoms with Crippen LogP contribution in [0.25, 0.3) is 0 Å². The van der Waals surface area contributed by atoms with Crippen LogP contribution in [0.4, 0.5) is 0 Å². The normalized spacial score (nSPS) is 17.4. The van der Waals surface area contributed by atoms with E-state index in [4.69, 9.17) is 9.47 Å². The number of nitrogens with one attached hydrogen (secondary N) is 1. The number of ether oxygens (including phenoxy) is 2. The zero-order valence-electron chi connectivity index (χ0n) is 17.2. The summed E-state index contributed by atoms with van der Waals surface area (Å²) in [5, 5.41) is 11.5. The molecule has 3 heterocycles. The molecule has 1 unspecified atom stereocenters. The second-order valence-electron chi connectivity index (χ2n) is 7.32. The predicted molar refractivity (Wildman–Crippen MR) is 112 cm³/mol. The Morgan fingerprint density at radius 3 is 2.84 bits per heavy atom. The highest BCUT2D eigenvalue weighted by atomic mass is 16.5. The van der Waals surface area contributed by atoms with Crippen molar-refractivity contribution in [1.82, 2.24) is 15.2 Å². The molecule has 9 nitrogen and oxygen atoms in total.